The van der Waals surface area contributed by atoms with Crippen LogP contribution in [-0.2, 0) is 16.6 Å². The molecule has 0 aromatic heterocycles. The van der Waals surface area contributed by atoms with Gasteiger partial charge in [-0.05, 0) is 48.7 Å². The highest BCUT2D eigenvalue weighted by molar-refractivity contribution is 9.10. The maximum absolute atomic E-state index is 12.5. The Hall–Kier alpha value is -1.37. The fourth-order valence-corrected chi connectivity index (χ4v) is 3.71. The Morgan fingerprint density at radius 1 is 1.19 bits per heavy atom. The van der Waals surface area contributed by atoms with E-state index in [2.05, 4.69) is 20.7 Å². The number of benzene rings is 2. The number of hydrogen-bond acceptors (Lipinski definition) is 3. The van der Waals surface area contributed by atoms with Gasteiger partial charge < -0.3 is 5.11 Å². The lowest BCUT2D eigenvalue weighted by molar-refractivity contribution is 0.280. The fourth-order valence-electron chi connectivity index (χ4n) is 1.99. The highest BCUT2D eigenvalue weighted by atomic mass is 79.9. The molecule has 0 radical (unpaired) electrons. The Labute approximate surface area is 133 Å². The van der Waals surface area contributed by atoms with Crippen molar-refractivity contribution in [3.8, 4) is 0 Å². The second-order valence-corrected chi connectivity index (χ2v) is 7.27. The quantitative estimate of drug-likeness (QED) is 0.867. The molecule has 6 heteroatoms. The molecule has 2 aromatic carbocycles. The third-order valence-corrected chi connectivity index (χ3v) is 5.66. The summed E-state index contributed by atoms with van der Waals surface area (Å²) in [5.74, 6) is 0. The van der Waals surface area contributed by atoms with Gasteiger partial charge in [0.1, 0.15) is 0 Å². The molecule has 0 spiro atoms. The van der Waals surface area contributed by atoms with Gasteiger partial charge in [0, 0.05) is 10.2 Å². The smallest absolute Gasteiger partial charge is 0.262 e. The zero-order valence-electron chi connectivity index (χ0n) is 11.7. The number of aryl methyl sites for hydroxylation is 1. The van der Waals surface area contributed by atoms with Crippen LogP contribution in [0.5, 0.6) is 0 Å². The number of aliphatic hydroxyl groups excluding tert-OH is 1. The molecule has 0 saturated heterocycles. The highest BCUT2D eigenvalue weighted by Crippen LogP contribution is 2.25. The molecule has 0 aliphatic heterocycles. The summed E-state index contributed by atoms with van der Waals surface area (Å²) < 4.78 is 28.3. The number of halogens is 1. The van der Waals surface area contributed by atoms with Crippen molar-refractivity contribution in [2.24, 2.45) is 0 Å². The highest BCUT2D eigenvalue weighted by Gasteiger charge is 2.18. The van der Waals surface area contributed by atoms with Crippen molar-refractivity contribution >= 4 is 31.6 Å². The first-order valence-corrected chi connectivity index (χ1v) is 8.61. The van der Waals surface area contributed by atoms with Gasteiger partial charge in [0.2, 0.25) is 0 Å². The van der Waals surface area contributed by atoms with Crippen LogP contribution < -0.4 is 4.72 Å². The first-order valence-electron chi connectivity index (χ1n) is 6.33. The lowest BCUT2D eigenvalue weighted by Crippen LogP contribution is -2.15. The van der Waals surface area contributed by atoms with E-state index in [-0.39, 0.29) is 11.5 Å². The van der Waals surface area contributed by atoms with Crippen LogP contribution in [0.3, 0.4) is 0 Å². The summed E-state index contributed by atoms with van der Waals surface area (Å²) in [5, 5.41) is 9.24. The average Bonchev–Trinajstić information content (AvgIpc) is 2.42. The number of anilines is 1. The van der Waals surface area contributed by atoms with Gasteiger partial charge in [-0.25, -0.2) is 8.42 Å². The molecule has 0 heterocycles. The Bertz CT molecular complexity index is 772. The van der Waals surface area contributed by atoms with Gasteiger partial charge >= 0.3 is 0 Å². The third kappa shape index (κ3) is 3.45. The molecule has 0 aliphatic rings. The summed E-state index contributed by atoms with van der Waals surface area (Å²) in [6.07, 6.45) is 0. The van der Waals surface area contributed by atoms with E-state index < -0.39 is 10.0 Å². The molecule has 112 valence electrons. The molecule has 0 bridgehead atoms. The molecule has 0 unspecified atom stereocenters. The van der Waals surface area contributed by atoms with Crippen LogP contribution in [0.4, 0.5) is 5.69 Å². The van der Waals surface area contributed by atoms with Crippen molar-refractivity contribution in [1.82, 2.24) is 0 Å². The van der Waals surface area contributed by atoms with Crippen molar-refractivity contribution < 1.29 is 13.5 Å². The number of nitrogens with one attached hydrogen (secondary N) is 1. The summed E-state index contributed by atoms with van der Waals surface area (Å²) in [6.45, 7) is 3.42. The number of hydrogen-bond donors (Lipinski definition) is 2. The molecule has 0 amide bonds. The Morgan fingerprint density at radius 3 is 2.52 bits per heavy atom. The minimum Gasteiger partial charge on any atom is -0.392 e. The summed E-state index contributed by atoms with van der Waals surface area (Å²) >= 11 is 3.38. The molecule has 21 heavy (non-hydrogen) atoms. The number of aliphatic hydroxyl groups is 1. The molecule has 0 atom stereocenters. The first-order chi connectivity index (χ1) is 9.85. The van der Waals surface area contributed by atoms with Crippen LogP contribution in [0.25, 0.3) is 0 Å². The minimum absolute atomic E-state index is 0.172. The first kappa shape index (κ1) is 16.0. The van der Waals surface area contributed by atoms with E-state index in [0.717, 1.165) is 10.0 Å². The normalized spacial score (nSPS) is 11.4. The van der Waals surface area contributed by atoms with E-state index in [1.54, 1.807) is 31.2 Å². The van der Waals surface area contributed by atoms with Crippen molar-refractivity contribution in [2.45, 2.75) is 25.3 Å². The van der Waals surface area contributed by atoms with Gasteiger partial charge in [-0.2, -0.15) is 0 Å². The number of rotatable bonds is 4. The van der Waals surface area contributed by atoms with Gasteiger partial charge in [-0.1, -0.05) is 34.1 Å². The molecular weight excluding hydrogens is 354 g/mol. The molecule has 0 saturated carbocycles. The van der Waals surface area contributed by atoms with E-state index in [0.29, 0.717) is 16.8 Å². The van der Waals surface area contributed by atoms with E-state index >= 15 is 0 Å². The van der Waals surface area contributed by atoms with Crippen molar-refractivity contribution in [2.75, 3.05) is 4.72 Å². The van der Waals surface area contributed by atoms with Crippen LogP contribution in [0.1, 0.15) is 16.7 Å². The maximum Gasteiger partial charge on any atom is 0.262 e. The van der Waals surface area contributed by atoms with Crippen molar-refractivity contribution in [3.05, 3.63) is 57.6 Å². The fraction of sp³-hybridized carbons (Fsp3) is 0.200. The molecule has 0 aliphatic carbocycles. The topological polar surface area (TPSA) is 66.4 Å². The average molecular weight is 370 g/mol. The summed E-state index contributed by atoms with van der Waals surface area (Å²) in [7, 11) is -3.69. The lowest BCUT2D eigenvalue weighted by atomic mass is 10.1. The van der Waals surface area contributed by atoms with Crippen LogP contribution in [0.2, 0.25) is 0 Å². The summed E-state index contributed by atoms with van der Waals surface area (Å²) in [5.41, 5.74) is 2.67. The van der Waals surface area contributed by atoms with Crippen LogP contribution in [0.15, 0.2) is 45.8 Å². The molecule has 2 N–H and O–H groups in total. The van der Waals surface area contributed by atoms with Gasteiger partial charge in [-0.3, -0.25) is 4.72 Å². The number of sulfonamides is 1. The monoisotopic (exact) mass is 369 g/mol. The van der Waals surface area contributed by atoms with Gasteiger partial charge in [0.15, 0.2) is 0 Å². The molecule has 2 aromatic rings. The van der Waals surface area contributed by atoms with E-state index in [1.807, 2.05) is 13.0 Å². The van der Waals surface area contributed by atoms with E-state index in [1.165, 1.54) is 6.07 Å². The Balaban J connectivity index is 2.41. The minimum atomic E-state index is -3.69. The van der Waals surface area contributed by atoms with Crippen molar-refractivity contribution in [3.63, 3.8) is 0 Å². The SMILES string of the molecule is Cc1ccc(NS(=O)(=O)c2cccc(CO)c2C)cc1Br. The van der Waals surface area contributed by atoms with Crippen LogP contribution in [-0.4, -0.2) is 13.5 Å². The van der Waals surface area contributed by atoms with Gasteiger partial charge in [-0.15, -0.1) is 0 Å². The zero-order chi connectivity index (χ0) is 15.6. The molecule has 0 fully saturated rings. The molecule has 2 rings (SSSR count). The zero-order valence-corrected chi connectivity index (χ0v) is 14.1. The molecular formula is C15H16BrNO3S. The lowest BCUT2D eigenvalue weighted by Gasteiger charge is -2.13. The van der Waals surface area contributed by atoms with Crippen LogP contribution >= 0.6 is 15.9 Å². The standard InChI is InChI=1S/C15H16BrNO3S/c1-10-6-7-13(8-14(10)16)17-21(19,20)15-5-3-4-12(9-18)11(15)2/h3-8,17-18H,9H2,1-2H3. The predicted octanol–water partition coefficient (Wildman–Crippen LogP) is 3.36. The summed E-state index contributed by atoms with van der Waals surface area (Å²) in [6, 6.07) is 10.1. The van der Waals surface area contributed by atoms with Crippen LogP contribution in [0, 0.1) is 13.8 Å². The maximum atomic E-state index is 12.5. The predicted molar refractivity (Wildman–Crippen MR) is 86.8 cm³/mol. The van der Waals surface area contributed by atoms with Gasteiger partial charge in [0.25, 0.3) is 10.0 Å². The Kier molecular flexibility index (Phi) is 4.70. The second-order valence-electron chi connectivity index (χ2n) is 4.77. The van der Waals surface area contributed by atoms with Crippen molar-refractivity contribution in [1.29, 1.82) is 0 Å². The third-order valence-electron chi connectivity index (χ3n) is 3.28. The molecule has 4 nitrogen and oxygen atoms in total. The largest absolute Gasteiger partial charge is 0.392 e. The summed E-state index contributed by atoms with van der Waals surface area (Å²) in [4.78, 5) is 0.172. The van der Waals surface area contributed by atoms with Gasteiger partial charge in [0.05, 0.1) is 11.5 Å². The van der Waals surface area contributed by atoms with E-state index in [4.69, 9.17) is 0 Å². The Morgan fingerprint density at radius 2 is 1.90 bits per heavy atom. The second kappa shape index (κ2) is 6.17. The van der Waals surface area contributed by atoms with E-state index in [9.17, 15) is 13.5 Å².